The number of ether oxygens (including phenoxy) is 3. The quantitative estimate of drug-likeness (QED) is 0.103. The second kappa shape index (κ2) is 13.2. The van der Waals surface area contributed by atoms with Gasteiger partial charge in [0.05, 0.1) is 11.3 Å². The Hall–Kier alpha value is -4.93. The number of fused-ring (bicyclic) bond motifs is 1. The summed E-state index contributed by atoms with van der Waals surface area (Å²) in [5, 5.41) is 6.99. The van der Waals surface area contributed by atoms with E-state index in [4.69, 9.17) is 14.2 Å². The predicted molar refractivity (Wildman–Crippen MR) is 174 cm³/mol. The van der Waals surface area contributed by atoms with Crippen LogP contribution >= 0.6 is 0 Å². The fourth-order valence-electron chi connectivity index (χ4n) is 5.09. The first kappa shape index (κ1) is 28.6. The van der Waals surface area contributed by atoms with E-state index in [1.807, 2.05) is 92.7 Å². The lowest BCUT2D eigenvalue weighted by Gasteiger charge is -2.23. The van der Waals surface area contributed by atoms with Crippen LogP contribution in [0.4, 0.5) is 5.69 Å². The molecule has 6 nitrogen and oxygen atoms in total. The molecule has 4 aromatic carbocycles. The van der Waals surface area contributed by atoms with Gasteiger partial charge < -0.3 is 19.5 Å². The molecule has 0 amide bonds. The first-order chi connectivity index (χ1) is 20.5. The van der Waals surface area contributed by atoms with Crippen LogP contribution in [0.1, 0.15) is 54.9 Å². The number of nitrogens with zero attached hydrogens (tertiary/aromatic N) is 1. The van der Waals surface area contributed by atoms with Gasteiger partial charge in [0.2, 0.25) is 5.75 Å². The summed E-state index contributed by atoms with van der Waals surface area (Å²) in [5.74, 6) is 4.08. The van der Waals surface area contributed by atoms with Gasteiger partial charge in [0.1, 0.15) is 28.5 Å². The van der Waals surface area contributed by atoms with Crippen molar-refractivity contribution >= 4 is 23.9 Å². The van der Waals surface area contributed by atoms with Crippen molar-refractivity contribution < 1.29 is 14.2 Å². The first-order valence-corrected chi connectivity index (χ1v) is 14.5. The zero-order valence-electron chi connectivity index (χ0n) is 24.6. The molecule has 0 spiro atoms. The Balaban J connectivity index is 1.79. The summed E-state index contributed by atoms with van der Waals surface area (Å²) >= 11 is 0. The number of anilines is 1. The largest absolute Gasteiger partial charge is 0.452 e. The highest BCUT2D eigenvalue weighted by Crippen LogP contribution is 2.55. The third kappa shape index (κ3) is 6.04. The van der Waals surface area contributed by atoms with E-state index >= 15 is 0 Å². The molecule has 6 heteroatoms. The number of hydrogen-bond acceptors (Lipinski definition) is 4. The molecular formula is C36H38N3O3+. The third-order valence-electron chi connectivity index (χ3n) is 7.20. The van der Waals surface area contributed by atoms with Crippen molar-refractivity contribution in [1.29, 1.82) is 0 Å². The smallest absolute Gasteiger partial charge is 0.382 e. The van der Waals surface area contributed by atoms with Gasteiger partial charge in [-0.05, 0) is 55.7 Å². The average Bonchev–Trinajstić information content (AvgIpc) is 3.34. The lowest BCUT2D eigenvalue weighted by molar-refractivity contribution is 0.385. The summed E-state index contributed by atoms with van der Waals surface area (Å²) < 4.78 is 24.5. The predicted octanol–water partition coefficient (Wildman–Crippen LogP) is 8.76. The lowest BCUT2D eigenvalue weighted by atomic mass is 10.0. The molecule has 1 heterocycles. The van der Waals surface area contributed by atoms with E-state index < -0.39 is 0 Å². The summed E-state index contributed by atoms with van der Waals surface area (Å²) in [4.78, 5) is 0. The molecule has 0 saturated carbocycles. The number of nitrogens with one attached hydrogen (secondary N) is 2. The molecule has 42 heavy (non-hydrogen) atoms. The van der Waals surface area contributed by atoms with Crippen molar-refractivity contribution in [2.45, 2.75) is 46.5 Å². The van der Waals surface area contributed by atoms with Crippen LogP contribution in [-0.4, -0.2) is 19.1 Å². The van der Waals surface area contributed by atoms with Crippen LogP contribution in [0.2, 0.25) is 0 Å². The molecule has 0 fully saturated rings. The molecule has 0 radical (unpaired) electrons. The van der Waals surface area contributed by atoms with Gasteiger partial charge in [-0.1, -0.05) is 87.4 Å². The van der Waals surface area contributed by atoms with E-state index in [0.29, 0.717) is 40.3 Å². The zero-order chi connectivity index (χ0) is 29.5. The molecule has 1 aliphatic rings. The Labute approximate surface area is 248 Å². The number of para-hydroxylation sites is 3. The number of hydrogen-bond donors (Lipinski definition) is 2. The van der Waals surface area contributed by atoms with Crippen LogP contribution in [-0.2, 0) is 0 Å². The molecule has 0 saturated heterocycles. The van der Waals surface area contributed by atoms with Gasteiger partial charge in [0.25, 0.3) is 0 Å². The number of benzene rings is 4. The highest BCUT2D eigenvalue weighted by atomic mass is 16.5. The van der Waals surface area contributed by atoms with Gasteiger partial charge in [-0.3, -0.25) is 0 Å². The average molecular weight is 561 g/mol. The fourth-order valence-corrected chi connectivity index (χ4v) is 5.09. The Morgan fingerprint density at radius 2 is 1.31 bits per heavy atom. The van der Waals surface area contributed by atoms with E-state index in [2.05, 4.69) is 35.5 Å². The van der Waals surface area contributed by atoms with Crippen molar-refractivity contribution in [1.82, 2.24) is 9.98 Å². The van der Waals surface area contributed by atoms with Crippen LogP contribution in [0.3, 0.4) is 0 Å². The maximum Gasteiger partial charge on any atom is 0.382 e. The summed E-state index contributed by atoms with van der Waals surface area (Å²) in [6.45, 7) is 15.2. The van der Waals surface area contributed by atoms with Crippen LogP contribution in [0.5, 0.6) is 34.5 Å². The Bertz CT molecular complexity index is 1600. The second-order valence-corrected chi connectivity index (χ2v) is 10.4. The Morgan fingerprint density at radius 3 is 1.90 bits per heavy atom. The molecule has 1 aliphatic heterocycles. The summed E-state index contributed by atoms with van der Waals surface area (Å²) in [6, 6.07) is 25.4. The number of rotatable bonds is 12. The van der Waals surface area contributed by atoms with Crippen LogP contribution in [0, 0.1) is 13.8 Å². The molecule has 2 N–H and O–H groups in total. The molecule has 4 aromatic rings. The second-order valence-electron chi connectivity index (χ2n) is 10.4. The summed E-state index contributed by atoms with van der Waals surface area (Å²) in [7, 11) is 0. The molecule has 0 bridgehead atoms. The fraction of sp³-hybridized carbons (Fsp3) is 0.222. The number of amidine groups is 1. The van der Waals surface area contributed by atoms with E-state index in [-0.39, 0.29) is 0 Å². The zero-order valence-corrected chi connectivity index (χ0v) is 24.6. The molecular weight excluding hydrogens is 522 g/mol. The molecule has 0 atom stereocenters. The molecule has 0 aliphatic carbocycles. The van der Waals surface area contributed by atoms with Gasteiger partial charge in [-0.25, -0.2) is 9.98 Å². The van der Waals surface area contributed by atoms with Crippen molar-refractivity contribution in [2.75, 3.05) is 11.9 Å². The van der Waals surface area contributed by atoms with Gasteiger partial charge in [-0.15, -0.1) is 0 Å². The Kier molecular flexibility index (Phi) is 8.96. The Morgan fingerprint density at radius 1 is 0.690 bits per heavy atom. The highest BCUT2D eigenvalue weighted by molar-refractivity contribution is 6.18. The van der Waals surface area contributed by atoms with Gasteiger partial charge in [0, 0.05) is 6.54 Å². The molecule has 0 aromatic heterocycles. The molecule has 214 valence electrons. The van der Waals surface area contributed by atoms with Gasteiger partial charge >= 0.3 is 5.84 Å². The monoisotopic (exact) mass is 560 g/mol. The van der Waals surface area contributed by atoms with Gasteiger partial charge in [-0.2, -0.15) is 0 Å². The normalized spacial score (nSPS) is 11.9. The number of unbranched alkanes of at least 4 members (excludes halogenated alkanes) is 3. The van der Waals surface area contributed by atoms with Crippen molar-refractivity contribution in [3.63, 3.8) is 0 Å². The molecule has 5 rings (SSSR count). The maximum absolute atomic E-state index is 6.83. The standard InChI is InChI=1S/C36H37N3O3/c1-6-7-8-15-23-38-31-30-29(26(4)39-36(30)37-5)33(42-32-24(2)17-16-18-25(32)3)35(41-28-21-13-10-14-22-28)34(31)40-27-19-11-9-12-20-27/h9-14,16-22H,4-8,15,23H2,1-3H3,(H,38,39)/p+1. The lowest BCUT2D eigenvalue weighted by Crippen LogP contribution is -2.18. The van der Waals surface area contributed by atoms with Crippen molar-refractivity contribution in [3.8, 4) is 34.5 Å². The summed E-state index contributed by atoms with van der Waals surface area (Å²) in [6.07, 6.45) is 4.48. The van der Waals surface area contributed by atoms with Gasteiger partial charge in [0.15, 0.2) is 18.2 Å². The van der Waals surface area contributed by atoms with Crippen LogP contribution < -0.4 is 29.5 Å². The van der Waals surface area contributed by atoms with E-state index in [1.165, 1.54) is 12.8 Å². The van der Waals surface area contributed by atoms with Crippen LogP contribution in [0.25, 0.3) is 5.70 Å². The van der Waals surface area contributed by atoms with E-state index in [0.717, 1.165) is 53.1 Å². The highest BCUT2D eigenvalue weighted by Gasteiger charge is 2.41. The maximum atomic E-state index is 6.83. The first-order valence-electron chi connectivity index (χ1n) is 14.5. The minimum absolute atomic E-state index is 0.441. The minimum atomic E-state index is 0.441. The number of aryl methyl sites for hydroxylation is 2. The van der Waals surface area contributed by atoms with E-state index in [9.17, 15) is 0 Å². The SMILES string of the molecule is C=[N+]=C1NC(=C)c2c(Oc3c(C)cccc3C)c(Oc3ccccc3)c(Oc3ccccc3)c(NCCCCCC)c21. The van der Waals surface area contributed by atoms with Crippen LogP contribution in [0.15, 0.2) is 85.4 Å². The minimum Gasteiger partial charge on any atom is -0.452 e. The molecule has 0 unspecified atom stereocenters. The van der Waals surface area contributed by atoms with Crippen molar-refractivity contribution in [3.05, 3.63) is 108 Å². The van der Waals surface area contributed by atoms with Crippen molar-refractivity contribution in [2.24, 2.45) is 0 Å². The van der Waals surface area contributed by atoms with E-state index in [1.54, 1.807) is 0 Å². The third-order valence-corrected chi connectivity index (χ3v) is 7.20. The topological polar surface area (TPSA) is 65.9 Å². The summed E-state index contributed by atoms with van der Waals surface area (Å²) in [5.41, 5.74) is 4.94.